The maximum absolute atomic E-state index is 12.8. The molecule has 1 atom stereocenters. The van der Waals surface area contributed by atoms with Crippen molar-refractivity contribution in [2.75, 3.05) is 16.8 Å². The fraction of sp³-hybridized carbons (Fsp3) is 0.316. The Hall–Kier alpha value is -2.20. The number of benzene rings is 2. The second-order valence-electron chi connectivity index (χ2n) is 6.18. The van der Waals surface area contributed by atoms with Gasteiger partial charge in [0.1, 0.15) is 11.9 Å². The average Bonchev–Trinajstić information content (AvgIpc) is 2.52. The summed E-state index contributed by atoms with van der Waals surface area (Å²) < 4.78 is 5.92. The Bertz CT molecular complexity index is 756. The predicted octanol–water partition coefficient (Wildman–Crippen LogP) is 5.17. The zero-order valence-electron chi connectivity index (χ0n) is 14.1. The zero-order valence-corrected chi connectivity index (χ0v) is 14.9. The normalized spacial score (nSPS) is 16.3. The molecule has 0 aliphatic carbocycles. The summed E-state index contributed by atoms with van der Waals surface area (Å²) in [6.45, 7) is 6.57. The van der Waals surface area contributed by atoms with Gasteiger partial charge in [0.25, 0.3) is 0 Å². The van der Waals surface area contributed by atoms with Crippen LogP contribution in [0.1, 0.15) is 24.5 Å². The number of nitrogens with one attached hydrogen (secondary N) is 1. The molecule has 0 fully saturated rings. The SMILES string of the molecule is CCC1CN(C(=O)Nc2cc(C)cc(C)c2)c2cc(Cl)ccc2O1. The minimum absolute atomic E-state index is 0.0244. The largest absolute Gasteiger partial charge is 0.486 e. The fourth-order valence-electron chi connectivity index (χ4n) is 2.96. The highest BCUT2D eigenvalue weighted by atomic mass is 35.5. The van der Waals surface area contributed by atoms with Gasteiger partial charge >= 0.3 is 6.03 Å². The second-order valence-corrected chi connectivity index (χ2v) is 6.61. The Morgan fingerprint density at radius 3 is 2.62 bits per heavy atom. The van der Waals surface area contributed by atoms with E-state index < -0.39 is 0 Å². The summed E-state index contributed by atoms with van der Waals surface area (Å²) in [6, 6.07) is 11.2. The molecule has 0 spiro atoms. The molecule has 1 aliphatic heterocycles. The van der Waals surface area contributed by atoms with E-state index in [-0.39, 0.29) is 12.1 Å². The fourth-order valence-corrected chi connectivity index (χ4v) is 3.13. The first-order chi connectivity index (χ1) is 11.5. The predicted molar refractivity (Wildman–Crippen MR) is 98.4 cm³/mol. The van der Waals surface area contributed by atoms with Crippen molar-refractivity contribution in [1.29, 1.82) is 0 Å². The average molecular weight is 345 g/mol. The van der Waals surface area contributed by atoms with Gasteiger partial charge in [-0.3, -0.25) is 4.90 Å². The Morgan fingerprint density at radius 2 is 1.96 bits per heavy atom. The van der Waals surface area contributed by atoms with Crippen LogP contribution in [0.15, 0.2) is 36.4 Å². The summed E-state index contributed by atoms with van der Waals surface area (Å²) in [4.78, 5) is 14.5. The van der Waals surface area contributed by atoms with Crippen molar-refractivity contribution in [3.8, 4) is 5.75 Å². The molecule has 24 heavy (non-hydrogen) atoms. The van der Waals surface area contributed by atoms with Gasteiger partial charge in [-0.05, 0) is 61.7 Å². The van der Waals surface area contributed by atoms with Crippen molar-refractivity contribution in [2.24, 2.45) is 0 Å². The number of urea groups is 1. The molecule has 5 heteroatoms. The summed E-state index contributed by atoms with van der Waals surface area (Å²) in [5.41, 5.74) is 3.72. The Labute approximate surface area is 147 Å². The van der Waals surface area contributed by atoms with Gasteiger partial charge < -0.3 is 10.1 Å². The molecule has 0 bridgehead atoms. The number of hydrogen-bond acceptors (Lipinski definition) is 2. The lowest BCUT2D eigenvalue weighted by Crippen LogP contribution is -2.45. The first-order valence-electron chi connectivity index (χ1n) is 8.09. The molecule has 4 nitrogen and oxygen atoms in total. The van der Waals surface area contributed by atoms with Crippen LogP contribution >= 0.6 is 11.6 Å². The zero-order chi connectivity index (χ0) is 17.3. The van der Waals surface area contributed by atoms with Crippen molar-refractivity contribution in [2.45, 2.75) is 33.3 Å². The lowest BCUT2D eigenvalue weighted by Gasteiger charge is -2.34. The van der Waals surface area contributed by atoms with Crippen LogP contribution in [0, 0.1) is 13.8 Å². The molecular formula is C19H21ClN2O2. The van der Waals surface area contributed by atoms with Gasteiger partial charge in [-0.15, -0.1) is 0 Å². The van der Waals surface area contributed by atoms with Gasteiger partial charge in [0.05, 0.1) is 12.2 Å². The number of amides is 2. The number of carbonyl (C=O) groups is 1. The van der Waals surface area contributed by atoms with E-state index in [9.17, 15) is 4.79 Å². The van der Waals surface area contributed by atoms with Gasteiger partial charge in [0.15, 0.2) is 0 Å². The van der Waals surface area contributed by atoms with Gasteiger partial charge in [-0.1, -0.05) is 24.6 Å². The van der Waals surface area contributed by atoms with E-state index >= 15 is 0 Å². The molecule has 0 radical (unpaired) electrons. The van der Waals surface area contributed by atoms with Gasteiger partial charge in [0.2, 0.25) is 0 Å². The van der Waals surface area contributed by atoms with Crippen LogP contribution in [0.5, 0.6) is 5.75 Å². The summed E-state index contributed by atoms with van der Waals surface area (Å²) in [5, 5.41) is 3.57. The topological polar surface area (TPSA) is 41.6 Å². The van der Waals surface area contributed by atoms with E-state index in [0.29, 0.717) is 23.0 Å². The third kappa shape index (κ3) is 3.49. The Morgan fingerprint density at radius 1 is 1.25 bits per heavy atom. The van der Waals surface area contributed by atoms with Crippen LogP contribution in [0.2, 0.25) is 5.02 Å². The molecule has 1 unspecified atom stereocenters. The number of anilines is 2. The van der Waals surface area contributed by atoms with E-state index in [1.807, 2.05) is 39.0 Å². The summed E-state index contributed by atoms with van der Waals surface area (Å²) in [7, 11) is 0. The van der Waals surface area contributed by atoms with Crippen LogP contribution in [-0.4, -0.2) is 18.7 Å². The van der Waals surface area contributed by atoms with E-state index in [4.69, 9.17) is 16.3 Å². The number of ether oxygens (including phenoxy) is 1. The molecule has 1 N–H and O–H groups in total. The quantitative estimate of drug-likeness (QED) is 0.816. The number of carbonyl (C=O) groups excluding carboxylic acids is 1. The molecular weight excluding hydrogens is 324 g/mol. The Kier molecular flexibility index (Phi) is 4.67. The molecule has 1 heterocycles. The minimum Gasteiger partial charge on any atom is -0.486 e. The van der Waals surface area contributed by atoms with Crippen LogP contribution < -0.4 is 15.0 Å². The first kappa shape index (κ1) is 16.7. The third-order valence-corrected chi connectivity index (χ3v) is 4.30. The molecule has 0 saturated carbocycles. The maximum atomic E-state index is 12.8. The van der Waals surface area contributed by atoms with Gasteiger partial charge in [0, 0.05) is 10.7 Å². The number of aryl methyl sites for hydroxylation is 2. The minimum atomic E-state index is -0.176. The van der Waals surface area contributed by atoms with Crippen molar-refractivity contribution in [3.05, 3.63) is 52.5 Å². The number of halogens is 1. The van der Waals surface area contributed by atoms with Crippen molar-refractivity contribution >= 4 is 29.0 Å². The van der Waals surface area contributed by atoms with E-state index in [2.05, 4.69) is 11.4 Å². The molecule has 2 aromatic rings. The molecule has 0 aromatic heterocycles. The lowest BCUT2D eigenvalue weighted by molar-refractivity contribution is 0.188. The second kappa shape index (κ2) is 6.73. The number of rotatable bonds is 2. The van der Waals surface area contributed by atoms with Gasteiger partial charge in [-0.25, -0.2) is 4.79 Å². The monoisotopic (exact) mass is 344 g/mol. The first-order valence-corrected chi connectivity index (χ1v) is 8.47. The molecule has 1 aliphatic rings. The highest BCUT2D eigenvalue weighted by Gasteiger charge is 2.29. The van der Waals surface area contributed by atoms with Crippen LogP contribution in [0.4, 0.5) is 16.2 Å². The highest BCUT2D eigenvalue weighted by molar-refractivity contribution is 6.31. The standard InChI is InChI=1S/C19H21ClN2O2/c1-4-16-11-22(17-10-14(20)5-6-18(17)24-16)19(23)21-15-8-12(2)7-13(3)9-15/h5-10,16H,4,11H2,1-3H3,(H,21,23). The number of nitrogens with zero attached hydrogens (tertiary/aromatic N) is 1. The molecule has 0 saturated heterocycles. The molecule has 2 amide bonds. The van der Waals surface area contributed by atoms with Crippen molar-refractivity contribution < 1.29 is 9.53 Å². The molecule has 126 valence electrons. The summed E-state index contributed by atoms with van der Waals surface area (Å²) in [5.74, 6) is 0.688. The van der Waals surface area contributed by atoms with Crippen LogP contribution in [0.3, 0.4) is 0 Å². The third-order valence-electron chi connectivity index (χ3n) is 4.07. The summed E-state index contributed by atoms with van der Waals surface area (Å²) >= 11 is 6.10. The van der Waals surface area contributed by atoms with Crippen molar-refractivity contribution in [3.63, 3.8) is 0 Å². The van der Waals surface area contributed by atoms with E-state index in [0.717, 1.165) is 23.2 Å². The van der Waals surface area contributed by atoms with Crippen LogP contribution in [0.25, 0.3) is 0 Å². The van der Waals surface area contributed by atoms with Crippen LogP contribution in [-0.2, 0) is 0 Å². The van der Waals surface area contributed by atoms with Gasteiger partial charge in [-0.2, -0.15) is 0 Å². The van der Waals surface area contributed by atoms with E-state index in [1.54, 1.807) is 17.0 Å². The maximum Gasteiger partial charge on any atom is 0.326 e. The molecule has 3 rings (SSSR count). The highest BCUT2D eigenvalue weighted by Crippen LogP contribution is 2.36. The lowest BCUT2D eigenvalue weighted by atomic mass is 10.1. The smallest absolute Gasteiger partial charge is 0.326 e. The number of fused-ring (bicyclic) bond motifs is 1. The number of hydrogen-bond donors (Lipinski definition) is 1. The molecule has 2 aromatic carbocycles. The Balaban J connectivity index is 1.89. The van der Waals surface area contributed by atoms with E-state index in [1.165, 1.54) is 0 Å². The summed E-state index contributed by atoms with van der Waals surface area (Å²) in [6.07, 6.45) is 0.804. The van der Waals surface area contributed by atoms with Crippen molar-refractivity contribution in [1.82, 2.24) is 0 Å².